The molecule has 0 aliphatic rings. The number of aryl methyl sites for hydroxylation is 1. The number of hydrogen-bond donors (Lipinski definition) is 1. The van der Waals surface area contributed by atoms with Crippen molar-refractivity contribution in [2.75, 3.05) is 0 Å². The highest BCUT2D eigenvalue weighted by molar-refractivity contribution is 9.10. The summed E-state index contributed by atoms with van der Waals surface area (Å²) in [7, 11) is 1.44. The molecule has 0 atom stereocenters. The van der Waals surface area contributed by atoms with Gasteiger partial charge in [-0.3, -0.25) is 0 Å². The molecule has 0 heterocycles. The minimum absolute atomic E-state index is 0.0603. The maximum atomic E-state index is 10.8. The molecular weight excluding hydrogens is 292 g/mol. The van der Waals surface area contributed by atoms with Crippen LogP contribution >= 0.6 is 26.6 Å². The minimum Gasteiger partial charge on any atom is -0.508 e. The first-order valence-corrected chi connectivity index (χ1v) is 6.97. The van der Waals surface area contributed by atoms with Gasteiger partial charge in [-0.1, -0.05) is 15.9 Å². The maximum absolute atomic E-state index is 10.8. The number of rotatable bonds is 2. The van der Waals surface area contributed by atoms with Crippen LogP contribution in [-0.4, -0.2) is 13.5 Å². The number of benzene rings is 1. The van der Waals surface area contributed by atoms with E-state index in [0.717, 1.165) is 10.0 Å². The fourth-order valence-electron chi connectivity index (χ4n) is 1.01. The van der Waals surface area contributed by atoms with Gasteiger partial charge in [-0.2, -0.15) is 0 Å². The van der Waals surface area contributed by atoms with E-state index in [9.17, 15) is 13.5 Å². The van der Waals surface area contributed by atoms with Crippen LogP contribution in [0.15, 0.2) is 16.6 Å². The van der Waals surface area contributed by atoms with E-state index < -0.39 is 9.05 Å². The number of phenols is 1. The summed E-state index contributed by atoms with van der Waals surface area (Å²) < 4.78 is 22.3. The Balaban J connectivity index is 3.17. The van der Waals surface area contributed by atoms with Crippen molar-refractivity contribution >= 4 is 35.7 Å². The quantitative estimate of drug-likeness (QED) is 0.854. The summed E-state index contributed by atoms with van der Waals surface area (Å²) >= 11 is 3.24. The van der Waals surface area contributed by atoms with Crippen molar-refractivity contribution in [3.8, 4) is 5.75 Å². The second kappa shape index (κ2) is 4.08. The summed E-state index contributed by atoms with van der Waals surface area (Å²) in [6.45, 7) is 1.79. The Morgan fingerprint density at radius 2 is 2.07 bits per heavy atom. The molecule has 14 heavy (non-hydrogen) atoms. The van der Waals surface area contributed by atoms with Gasteiger partial charge in [0.2, 0.25) is 9.05 Å². The Morgan fingerprint density at radius 1 is 1.50 bits per heavy atom. The van der Waals surface area contributed by atoms with Crippen molar-refractivity contribution in [3.05, 3.63) is 27.7 Å². The van der Waals surface area contributed by atoms with Crippen LogP contribution in [0.5, 0.6) is 5.75 Å². The molecule has 0 bridgehead atoms. The van der Waals surface area contributed by atoms with Gasteiger partial charge in [0.05, 0.1) is 5.75 Å². The smallest absolute Gasteiger partial charge is 0.236 e. The average Bonchev–Trinajstić information content (AvgIpc) is 1.97. The lowest BCUT2D eigenvalue weighted by Gasteiger charge is -2.05. The van der Waals surface area contributed by atoms with Crippen molar-refractivity contribution in [1.29, 1.82) is 0 Å². The number of aromatic hydroxyl groups is 1. The third kappa shape index (κ3) is 3.15. The summed E-state index contributed by atoms with van der Waals surface area (Å²) in [5, 5.41) is 9.44. The van der Waals surface area contributed by atoms with Gasteiger partial charge < -0.3 is 5.11 Å². The van der Waals surface area contributed by atoms with E-state index >= 15 is 0 Å². The summed E-state index contributed by atoms with van der Waals surface area (Å²) in [6, 6.07) is 3.03. The zero-order valence-corrected chi connectivity index (χ0v) is 10.4. The highest BCUT2D eigenvalue weighted by atomic mass is 79.9. The van der Waals surface area contributed by atoms with Gasteiger partial charge in [0, 0.05) is 20.7 Å². The van der Waals surface area contributed by atoms with Crippen molar-refractivity contribution in [2.45, 2.75) is 12.7 Å². The average molecular weight is 300 g/mol. The predicted molar refractivity (Wildman–Crippen MR) is 59.0 cm³/mol. The molecule has 0 aromatic heterocycles. The largest absolute Gasteiger partial charge is 0.508 e. The van der Waals surface area contributed by atoms with Crippen LogP contribution < -0.4 is 0 Å². The van der Waals surface area contributed by atoms with E-state index in [4.69, 9.17) is 10.7 Å². The molecule has 78 valence electrons. The Hall–Kier alpha value is -0.260. The first-order valence-electron chi connectivity index (χ1n) is 3.70. The number of phenolic OH excluding ortho intramolecular Hbond substituents is 1. The Labute approximate surface area is 95.3 Å². The molecule has 0 fully saturated rings. The second-order valence-corrected chi connectivity index (χ2v) is 6.54. The van der Waals surface area contributed by atoms with Crippen LogP contribution in [0.4, 0.5) is 0 Å². The maximum Gasteiger partial charge on any atom is 0.236 e. The SMILES string of the molecule is Cc1cc(O)c(CS(=O)(=O)Cl)cc1Br. The highest BCUT2D eigenvalue weighted by Gasteiger charge is 2.12. The van der Waals surface area contributed by atoms with Gasteiger partial charge in [-0.15, -0.1) is 0 Å². The molecule has 1 N–H and O–H groups in total. The van der Waals surface area contributed by atoms with Gasteiger partial charge >= 0.3 is 0 Å². The van der Waals surface area contributed by atoms with E-state index in [2.05, 4.69) is 15.9 Å². The zero-order chi connectivity index (χ0) is 10.9. The van der Waals surface area contributed by atoms with Crippen LogP contribution in [0.2, 0.25) is 0 Å². The molecular formula is C8H8BrClO3S. The van der Waals surface area contributed by atoms with E-state index in [1.54, 1.807) is 13.0 Å². The molecule has 0 radical (unpaired) electrons. The first kappa shape index (κ1) is 11.8. The van der Waals surface area contributed by atoms with Gasteiger partial charge in [0.15, 0.2) is 0 Å². The Morgan fingerprint density at radius 3 is 2.57 bits per heavy atom. The van der Waals surface area contributed by atoms with Gasteiger partial charge in [-0.05, 0) is 24.6 Å². The summed E-state index contributed by atoms with van der Waals surface area (Å²) in [5.74, 6) is -0.436. The predicted octanol–water partition coefficient (Wildman–Crippen LogP) is 2.53. The topological polar surface area (TPSA) is 54.4 Å². The minimum atomic E-state index is -3.64. The summed E-state index contributed by atoms with van der Waals surface area (Å²) in [6.07, 6.45) is 0. The third-order valence-corrected chi connectivity index (χ3v) is 3.53. The zero-order valence-electron chi connectivity index (χ0n) is 7.29. The molecule has 6 heteroatoms. The van der Waals surface area contributed by atoms with Gasteiger partial charge in [0.1, 0.15) is 5.75 Å². The lowest BCUT2D eigenvalue weighted by molar-refractivity contribution is 0.469. The first-order chi connectivity index (χ1) is 6.29. The van der Waals surface area contributed by atoms with Crippen molar-refractivity contribution in [2.24, 2.45) is 0 Å². The van der Waals surface area contributed by atoms with E-state index in [0.29, 0.717) is 0 Å². The van der Waals surface area contributed by atoms with Crippen molar-refractivity contribution in [1.82, 2.24) is 0 Å². The van der Waals surface area contributed by atoms with E-state index in [-0.39, 0.29) is 17.1 Å². The van der Waals surface area contributed by atoms with Crippen LogP contribution in [0, 0.1) is 6.92 Å². The van der Waals surface area contributed by atoms with E-state index in [1.807, 2.05) is 0 Å². The number of halogens is 2. The van der Waals surface area contributed by atoms with Gasteiger partial charge in [0.25, 0.3) is 0 Å². The molecule has 0 amide bonds. The highest BCUT2D eigenvalue weighted by Crippen LogP contribution is 2.27. The van der Waals surface area contributed by atoms with Gasteiger partial charge in [-0.25, -0.2) is 8.42 Å². The molecule has 1 aromatic rings. The van der Waals surface area contributed by atoms with Crippen LogP contribution in [0.25, 0.3) is 0 Å². The molecule has 1 rings (SSSR count). The van der Waals surface area contributed by atoms with Crippen LogP contribution in [-0.2, 0) is 14.8 Å². The van der Waals surface area contributed by atoms with E-state index in [1.165, 1.54) is 6.07 Å². The molecule has 1 aromatic carbocycles. The molecule has 0 unspecified atom stereocenters. The summed E-state index contributed by atoms with van der Waals surface area (Å²) in [4.78, 5) is 0. The van der Waals surface area contributed by atoms with Crippen molar-refractivity contribution < 1.29 is 13.5 Å². The normalized spacial score (nSPS) is 11.6. The lowest BCUT2D eigenvalue weighted by Crippen LogP contribution is -1.96. The molecule has 3 nitrogen and oxygen atoms in total. The standard InChI is InChI=1S/C8H8BrClO3S/c1-5-2-8(11)6(3-7(5)9)4-14(10,12)13/h2-3,11H,4H2,1H3. The molecule has 0 aliphatic carbocycles. The second-order valence-electron chi connectivity index (χ2n) is 2.91. The summed E-state index contributed by atoms with van der Waals surface area (Å²) in [5.41, 5.74) is 1.12. The Kier molecular flexibility index (Phi) is 3.44. The third-order valence-electron chi connectivity index (χ3n) is 1.69. The van der Waals surface area contributed by atoms with Crippen molar-refractivity contribution in [3.63, 3.8) is 0 Å². The Bertz CT molecular complexity index is 456. The molecule has 0 spiro atoms. The molecule has 0 aliphatic heterocycles. The monoisotopic (exact) mass is 298 g/mol. The van der Waals surface area contributed by atoms with Crippen LogP contribution in [0.3, 0.4) is 0 Å². The number of hydrogen-bond acceptors (Lipinski definition) is 3. The lowest BCUT2D eigenvalue weighted by atomic mass is 10.1. The fraction of sp³-hybridized carbons (Fsp3) is 0.250. The molecule has 0 saturated carbocycles. The molecule has 0 saturated heterocycles. The van der Waals surface area contributed by atoms with Crippen LogP contribution in [0.1, 0.15) is 11.1 Å². The fourth-order valence-corrected chi connectivity index (χ4v) is 2.35.